The molecule has 100 valence electrons. The molecule has 0 aliphatic carbocycles. The van der Waals surface area contributed by atoms with Gasteiger partial charge in [0, 0.05) is 18.1 Å². The fourth-order valence-electron chi connectivity index (χ4n) is 2.14. The number of hydrogen-bond acceptors (Lipinski definition) is 3. The molecule has 17 heavy (non-hydrogen) atoms. The molecule has 4 nitrogen and oxygen atoms in total. The van der Waals surface area contributed by atoms with Crippen molar-refractivity contribution in [3.63, 3.8) is 0 Å². The Morgan fingerprint density at radius 2 is 2.18 bits per heavy atom. The summed E-state index contributed by atoms with van der Waals surface area (Å²) >= 11 is 0. The highest BCUT2D eigenvalue weighted by atomic mass is 16.2. The molecule has 1 rings (SSSR count). The first kappa shape index (κ1) is 14.5. The molecule has 0 radical (unpaired) electrons. The zero-order valence-electron chi connectivity index (χ0n) is 11.7. The molecule has 1 saturated heterocycles. The summed E-state index contributed by atoms with van der Waals surface area (Å²) in [6.07, 6.45) is 2.11. The molecular weight excluding hydrogens is 214 g/mol. The first-order valence-corrected chi connectivity index (χ1v) is 6.74. The van der Waals surface area contributed by atoms with Crippen molar-refractivity contribution in [2.24, 2.45) is 0 Å². The van der Waals surface area contributed by atoms with Gasteiger partial charge in [-0.2, -0.15) is 0 Å². The summed E-state index contributed by atoms with van der Waals surface area (Å²) in [6.45, 7) is 11.9. The second-order valence-electron chi connectivity index (χ2n) is 5.50. The summed E-state index contributed by atoms with van der Waals surface area (Å²) in [5.74, 6) is 0.144. The Morgan fingerprint density at radius 1 is 1.47 bits per heavy atom. The van der Waals surface area contributed by atoms with Crippen LogP contribution in [-0.4, -0.2) is 48.6 Å². The fraction of sp³-hybridized carbons (Fsp3) is 0.923. The summed E-state index contributed by atoms with van der Waals surface area (Å²) < 4.78 is 0. The molecule has 1 atom stereocenters. The van der Waals surface area contributed by atoms with Crippen LogP contribution in [0.3, 0.4) is 0 Å². The minimum Gasteiger partial charge on any atom is -0.350 e. The first-order valence-electron chi connectivity index (χ1n) is 6.74. The van der Waals surface area contributed by atoms with Gasteiger partial charge in [-0.25, -0.2) is 0 Å². The topological polar surface area (TPSA) is 44.4 Å². The van der Waals surface area contributed by atoms with Crippen molar-refractivity contribution < 1.29 is 4.79 Å². The molecule has 4 heteroatoms. The van der Waals surface area contributed by atoms with Crippen LogP contribution in [0.4, 0.5) is 0 Å². The van der Waals surface area contributed by atoms with Gasteiger partial charge in [-0.1, -0.05) is 13.8 Å². The van der Waals surface area contributed by atoms with E-state index in [1.54, 1.807) is 0 Å². The number of nitrogens with one attached hydrogen (secondary N) is 2. The van der Waals surface area contributed by atoms with E-state index in [0.717, 1.165) is 32.5 Å². The van der Waals surface area contributed by atoms with Gasteiger partial charge in [0.1, 0.15) is 0 Å². The summed E-state index contributed by atoms with van der Waals surface area (Å²) in [7, 11) is 0. The van der Waals surface area contributed by atoms with Gasteiger partial charge in [0.2, 0.25) is 5.91 Å². The smallest absolute Gasteiger partial charge is 0.234 e. The second-order valence-corrected chi connectivity index (χ2v) is 5.50. The molecule has 0 aromatic carbocycles. The zero-order valence-corrected chi connectivity index (χ0v) is 11.7. The lowest BCUT2D eigenvalue weighted by Crippen LogP contribution is -2.49. The molecule has 2 N–H and O–H groups in total. The number of nitrogens with zero attached hydrogens (tertiary/aromatic N) is 1. The van der Waals surface area contributed by atoms with Gasteiger partial charge in [0.15, 0.2) is 0 Å². The number of amides is 1. The lowest BCUT2D eigenvalue weighted by atomic mass is 10.0. The van der Waals surface area contributed by atoms with Crippen LogP contribution in [0.5, 0.6) is 0 Å². The van der Waals surface area contributed by atoms with Crippen LogP contribution < -0.4 is 10.6 Å². The molecule has 1 amide bonds. The van der Waals surface area contributed by atoms with Gasteiger partial charge in [-0.3, -0.25) is 9.69 Å². The van der Waals surface area contributed by atoms with E-state index in [0.29, 0.717) is 12.6 Å². The van der Waals surface area contributed by atoms with Crippen LogP contribution in [0.1, 0.15) is 40.5 Å². The number of carbonyl (C=O) groups is 1. The van der Waals surface area contributed by atoms with E-state index >= 15 is 0 Å². The normalized spacial score (nSPS) is 20.9. The van der Waals surface area contributed by atoms with Gasteiger partial charge in [-0.15, -0.1) is 0 Å². The van der Waals surface area contributed by atoms with Gasteiger partial charge in [-0.05, 0) is 39.8 Å². The Labute approximate surface area is 105 Å². The third kappa shape index (κ3) is 4.64. The summed E-state index contributed by atoms with van der Waals surface area (Å²) in [5.41, 5.74) is -0.0928. The van der Waals surface area contributed by atoms with Gasteiger partial charge in [0.05, 0.1) is 6.54 Å². The van der Waals surface area contributed by atoms with Crippen LogP contribution >= 0.6 is 0 Å². The Hall–Kier alpha value is -0.610. The zero-order chi connectivity index (χ0) is 12.9. The minimum atomic E-state index is -0.0928. The monoisotopic (exact) mass is 241 g/mol. The van der Waals surface area contributed by atoms with Crippen molar-refractivity contribution in [2.75, 3.05) is 26.2 Å². The number of rotatable bonds is 6. The number of carbonyl (C=O) groups excluding carboxylic acids is 1. The quantitative estimate of drug-likeness (QED) is 0.728. The summed E-state index contributed by atoms with van der Waals surface area (Å²) in [5, 5.41) is 6.44. The van der Waals surface area contributed by atoms with Crippen molar-refractivity contribution in [1.29, 1.82) is 0 Å². The molecule has 1 heterocycles. The van der Waals surface area contributed by atoms with E-state index in [9.17, 15) is 4.79 Å². The average Bonchev–Trinajstić information content (AvgIpc) is 2.78. The Kier molecular flexibility index (Phi) is 5.40. The van der Waals surface area contributed by atoms with E-state index in [1.165, 1.54) is 0 Å². The first-order chi connectivity index (χ1) is 7.98. The maximum Gasteiger partial charge on any atom is 0.234 e. The van der Waals surface area contributed by atoms with Crippen molar-refractivity contribution in [1.82, 2.24) is 15.5 Å². The highest BCUT2D eigenvalue weighted by Crippen LogP contribution is 2.10. The predicted octanol–water partition coefficient (Wildman–Crippen LogP) is 0.975. The maximum atomic E-state index is 12.0. The molecule has 1 unspecified atom stereocenters. The lowest BCUT2D eigenvalue weighted by molar-refractivity contribution is -0.124. The van der Waals surface area contributed by atoms with E-state index < -0.39 is 0 Å². The van der Waals surface area contributed by atoms with Crippen molar-refractivity contribution in [2.45, 2.75) is 52.1 Å². The third-order valence-electron chi connectivity index (χ3n) is 3.67. The summed E-state index contributed by atoms with van der Waals surface area (Å²) in [4.78, 5) is 14.2. The van der Waals surface area contributed by atoms with E-state index in [-0.39, 0.29) is 11.4 Å². The summed E-state index contributed by atoms with van der Waals surface area (Å²) in [6, 6.07) is 0.524. The number of likely N-dealkylation sites (N-methyl/N-ethyl adjacent to an activating group) is 1. The molecule has 1 aliphatic rings. The molecule has 0 saturated carbocycles. The molecule has 0 spiro atoms. The van der Waals surface area contributed by atoms with Crippen molar-refractivity contribution in [3.8, 4) is 0 Å². The van der Waals surface area contributed by atoms with E-state index in [1.807, 2.05) is 0 Å². The highest BCUT2D eigenvalue weighted by molar-refractivity contribution is 5.78. The molecule has 1 aliphatic heterocycles. The minimum absolute atomic E-state index is 0.0928. The van der Waals surface area contributed by atoms with Crippen LogP contribution in [-0.2, 0) is 4.79 Å². The third-order valence-corrected chi connectivity index (χ3v) is 3.67. The fourth-order valence-corrected chi connectivity index (χ4v) is 2.14. The Bertz CT molecular complexity index is 247. The molecule has 0 aromatic heterocycles. The van der Waals surface area contributed by atoms with E-state index in [2.05, 4.69) is 43.2 Å². The number of hydrogen-bond donors (Lipinski definition) is 2. The van der Waals surface area contributed by atoms with Crippen LogP contribution in [0, 0.1) is 0 Å². The van der Waals surface area contributed by atoms with Crippen LogP contribution in [0.2, 0.25) is 0 Å². The molecule has 0 aromatic rings. The SMILES string of the molecule is CCN(CC(=O)NC(C)(C)CC)C1CCNC1. The van der Waals surface area contributed by atoms with Crippen molar-refractivity contribution >= 4 is 5.91 Å². The highest BCUT2D eigenvalue weighted by Gasteiger charge is 2.24. The lowest BCUT2D eigenvalue weighted by Gasteiger charge is -2.29. The van der Waals surface area contributed by atoms with Crippen LogP contribution in [0.15, 0.2) is 0 Å². The van der Waals surface area contributed by atoms with E-state index in [4.69, 9.17) is 0 Å². The molecule has 1 fully saturated rings. The second kappa shape index (κ2) is 6.36. The van der Waals surface area contributed by atoms with Gasteiger partial charge >= 0.3 is 0 Å². The Balaban J connectivity index is 2.42. The van der Waals surface area contributed by atoms with Crippen LogP contribution in [0.25, 0.3) is 0 Å². The van der Waals surface area contributed by atoms with Gasteiger partial charge in [0.25, 0.3) is 0 Å². The Morgan fingerprint density at radius 3 is 2.65 bits per heavy atom. The molecule has 0 bridgehead atoms. The predicted molar refractivity (Wildman–Crippen MR) is 71.0 cm³/mol. The molecular formula is C13H27N3O. The maximum absolute atomic E-state index is 12.0. The standard InChI is InChI=1S/C13H27N3O/c1-5-13(3,4)15-12(17)10-16(6-2)11-7-8-14-9-11/h11,14H,5-10H2,1-4H3,(H,15,17). The van der Waals surface area contributed by atoms with Crippen molar-refractivity contribution in [3.05, 3.63) is 0 Å². The average molecular weight is 241 g/mol. The van der Waals surface area contributed by atoms with Gasteiger partial charge < -0.3 is 10.6 Å². The largest absolute Gasteiger partial charge is 0.350 e.